The monoisotopic (exact) mass is 324 g/mol. The van der Waals surface area contributed by atoms with Crippen molar-refractivity contribution in [3.8, 4) is 0 Å². The van der Waals surface area contributed by atoms with Gasteiger partial charge in [-0.2, -0.15) is 0 Å². The molecular formula is C20H20O4. The minimum Gasteiger partial charge on any atom is -0.465 e. The first-order valence-corrected chi connectivity index (χ1v) is 7.94. The highest BCUT2D eigenvalue weighted by molar-refractivity contribution is 6.30. The molecule has 0 fully saturated rings. The fourth-order valence-electron chi connectivity index (χ4n) is 2.68. The van der Waals surface area contributed by atoms with E-state index in [2.05, 4.69) is 0 Å². The maximum atomic E-state index is 13.1. The summed E-state index contributed by atoms with van der Waals surface area (Å²) in [6.07, 6.45) is 0.0350. The van der Waals surface area contributed by atoms with E-state index in [1.54, 1.807) is 74.5 Å². The first kappa shape index (κ1) is 17.6. The van der Waals surface area contributed by atoms with Crippen LogP contribution in [0.25, 0.3) is 0 Å². The summed E-state index contributed by atoms with van der Waals surface area (Å²) < 4.78 is 5.10. The molecule has 2 aromatic carbocycles. The minimum absolute atomic E-state index is 0.0350. The number of Topliss-reactive ketones (excluding diaryl/α,β-unsaturated/α-hetero) is 2. The molecule has 0 amide bonds. The standard InChI is InChI=1S/C20H20O4/c1-3-20(19(23)24-4-2,17(21)15-11-7-5-8-12-15)18(22)16-13-9-6-10-14-16/h5-14H,3-4H2,1-2H3. The molecule has 0 saturated carbocycles. The van der Waals surface area contributed by atoms with Gasteiger partial charge in [-0.15, -0.1) is 0 Å². The summed E-state index contributed by atoms with van der Waals surface area (Å²) in [7, 11) is 0. The van der Waals surface area contributed by atoms with Crippen molar-refractivity contribution in [2.75, 3.05) is 6.61 Å². The fourth-order valence-corrected chi connectivity index (χ4v) is 2.68. The van der Waals surface area contributed by atoms with E-state index in [4.69, 9.17) is 4.74 Å². The van der Waals surface area contributed by atoms with Crippen molar-refractivity contribution in [2.24, 2.45) is 5.41 Å². The quantitative estimate of drug-likeness (QED) is 0.442. The summed E-state index contributed by atoms with van der Waals surface area (Å²) in [6.45, 7) is 3.40. The smallest absolute Gasteiger partial charge is 0.328 e. The lowest BCUT2D eigenvalue weighted by Gasteiger charge is -2.27. The second kappa shape index (κ2) is 7.68. The second-order valence-electron chi connectivity index (χ2n) is 5.37. The molecule has 2 aromatic rings. The third-order valence-corrected chi connectivity index (χ3v) is 4.00. The van der Waals surface area contributed by atoms with E-state index in [9.17, 15) is 14.4 Å². The van der Waals surface area contributed by atoms with Crippen LogP contribution >= 0.6 is 0 Å². The van der Waals surface area contributed by atoms with Gasteiger partial charge in [0.05, 0.1) is 6.61 Å². The van der Waals surface area contributed by atoms with Crippen molar-refractivity contribution in [1.29, 1.82) is 0 Å². The van der Waals surface area contributed by atoms with Crippen LogP contribution in [0.5, 0.6) is 0 Å². The average molecular weight is 324 g/mol. The molecule has 4 heteroatoms. The molecule has 0 aliphatic rings. The number of carbonyl (C=O) groups is 3. The largest absolute Gasteiger partial charge is 0.465 e. The van der Waals surface area contributed by atoms with E-state index >= 15 is 0 Å². The number of ketones is 2. The molecule has 0 heterocycles. The molecule has 0 aliphatic carbocycles. The van der Waals surface area contributed by atoms with Crippen LogP contribution in [-0.2, 0) is 9.53 Å². The highest BCUT2D eigenvalue weighted by atomic mass is 16.5. The summed E-state index contributed by atoms with van der Waals surface area (Å²) in [5.41, 5.74) is -1.23. The molecule has 0 atom stereocenters. The van der Waals surface area contributed by atoms with Gasteiger partial charge in [0.2, 0.25) is 0 Å². The van der Waals surface area contributed by atoms with E-state index in [0.29, 0.717) is 11.1 Å². The molecular weight excluding hydrogens is 304 g/mol. The van der Waals surface area contributed by atoms with Crippen LogP contribution in [0.1, 0.15) is 41.0 Å². The number of benzene rings is 2. The van der Waals surface area contributed by atoms with Crippen molar-refractivity contribution in [1.82, 2.24) is 0 Å². The van der Waals surface area contributed by atoms with E-state index in [1.165, 1.54) is 0 Å². The molecule has 0 aliphatic heterocycles. The number of ether oxygens (including phenoxy) is 1. The van der Waals surface area contributed by atoms with E-state index in [0.717, 1.165) is 0 Å². The van der Waals surface area contributed by atoms with E-state index in [-0.39, 0.29) is 13.0 Å². The van der Waals surface area contributed by atoms with Gasteiger partial charge in [-0.3, -0.25) is 14.4 Å². The maximum absolute atomic E-state index is 13.1. The van der Waals surface area contributed by atoms with Gasteiger partial charge in [0.15, 0.2) is 17.0 Å². The van der Waals surface area contributed by atoms with Crippen LogP contribution in [0.2, 0.25) is 0 Å². The van der Waals surface area contributed by atoms with Crippen molar-refractivity contribution < 1.29 is 19.1 Å². The lowest BCUT2D eigenvalue weighted by molar-refractivity contribution is -0.149. The van der Waals surface area contributed by atoms with Crippen molar-refractivity contribution in [2.45, 2.75) is 20.3 Å². The predicted molar refractivity (Wildman–Crippen MR) is 90.9 cm³/mol. The van der Waals surface area contributed by atoms with Crippen LogP contribution in [0.15, 0.2) is 60.7 Å². The molecule has 0 aromatic heterocycles. The second-order valence-corrected chi connectivity index (χ2v) is 5.37. The fraction of sp³-hybridized carbons (Fsp3) is 0.250. The lowest BCUT2D eigenvalue weighted by atomic mass is 9.72. The predicted octanol–water partition coefficient (Wildman–Crippen LogP) is 3.71. The topological polar surface area (TPSA) is 60.4 Å². The molecule has 0 bridgehead atoms. The molecule has 0 radical (unpaired) electrons. The van der Waals surface area contributed by atoms with Crippen LogP contribution in [0.4, 0.5) is 0 Å². The van der Waals surface area contributed by atoms with Crippen molar-refractivity contribution in [3.05, 3.63) is 71.8 Å². The number of carbonyl (C=O) groups excluding carboxylic acids is 3. The number of hydrogen-bond donors (Lipinski definition) is 0. The van der Waals surface area contributed by atoms with Crippen LogP contribution < -0.4 is 0 Å². The molecule has 24 heavy (non-hydrogen) atoms. The zero-order chi connectivity index (χ0) is 17.6. The van der Waals surface area contributed by atoms with Gasteiger partial charge in [0, 0.05) is 11.1 Å². The molecule has 0 unspecified atom stereocenters. The number of hydrogen-bond acceptors (Lipinski definition) is 4. The van der Waals surface area contributed by atoms with Gasteiger partial charge in [0.1, 0.15) is 0 Å². The zero-order valence-electron chi connectivity index (χ0n) is 13.8. The minimum atomic E-state index is -1.86. The third-order valence-electron chi connectivity index (χ3n) is 4.00. The van der Waals surface area contributed by atoms with Gasteiger partial charge in [-0.05, 0) is 13.3 Å². The summed E-state index contributed by atoms with van der Waals surface area (Å²) in [5, 5.41) is 0. The van der Waals surface area contributed by atoms with Gasteiger partial charge in [0.25, 0.3) is 0 Å². The number of esters is 1. The maximum Gasteiger partial charge on any atom is 0.328 e. The first-order valence-electron chi connectivity index (χ1n) is 7.94. The summed E-state index contributed by atoms with van der Waals surface area (Å²) in [5.74, 6) is -1.86. The normalized spacial score (nSPS) is 10.9. The van der Waals surface area contributed by atoms with Crippen LogP contribution in [-0.4, -0.2) is 24.1 Å². The molecule has 0 N–H and O–H groups in total. The number of rotatable bonds is 7. The Labute approximate surface area is 141 Å². The molecule has 4 nitrogen and oxygen atoms in total. The Hall–Kier alpha value is -2.75. The van der Waals surface area contributed by atoms with Crippen molar-refractivity contribution >= 4 is 17.5 Å². The first-order chi connectivity index (χ1) is 11.6. The van der Waals surface area contributed by atoms with Crippen LogP contribution in [0, 0.1) is 5.41 Å². The SMILES string of the molecule is CCOC(=O)C(CC)(C(=O)c1ccccc1)C(=O)c1ccccc1. The molecule has 0 saturated heterocycles. The summed E-state index contributed by atoms with van der Waals surface area (Å²) >= 11 is 0. The summed E-state index contributed by atoms with van der Waals surface area (Å²) in [4.78, 5) is 38.9. The summed E-state index contributed by atoms with van der Waals surface area (Å²) in [6, 6.07) is 16.7. The van der Waals surface area contributed by atoms with E-state index in [1.807, 2.05) is 0 Å². The zero-order valence-corrected chi connectivity index (χ0v) is 13.8. The van der Waals surface area contributed by atoms with Gasteiger partial charge in [-0.25, -0.2) is 0 Å². The average Bonchev–Trinajstić information content (AvgIpc) is 2.64. The Balaban J connectivity index is 2.58. The van der Waals surface area contributed by atoms with Gasteiger partial charge in [-0.1, -0.05) is 67.6 Å². The Bertz CT molecular complexity index is 668. The molecule has 124 valence electrons. The lowest BCUT2D eigenvalue weighted by Crippen LogP contribution is -2.47. The highest BCUT2D eigenvalue weighted by Gasteiger charge is 2.52. The Morgan fingerprint density at radius 2 is 1.21 bits per heavy atom. The Morgan fingerprint density at radius 1 is 0.792 bits per heavy atom. The van der Waals surface area contributed by atoms with Crippen molar-refractivity contribution in [3.63, 3.8) is 0 Å². The molecule has 2 rings (SSSR count). The third kappa shape index (κ3) is 3.13. The van der Waals surface area contributed by atoms with Gasteiger partial charge >= 0.3 is 5.97 Å². The molecule has 0 spiro atoms. The highest BCUT2D eigenvalue weighted by Crippen LogP contribution is 2.33. The Morgan fingerprint density at radius 3 is 1.54 bits per heavy atom. The van der Waals surface area contributed by atoms with Gasteiger partial charge < -0.3 is 4.74 Å². The Kier molecular flexibility index (Phi) is 5.64. The van der Waals surface area contributed by atoms with Crippen LogP contribution in [0.3, 0.4) is 0 Å². The van der Waals surface area contributed by atoms with E-state index < -0.39 is 23.0 Å².